The van der Waals surface area contributed by atoms with Gasteiger partial charge in [-0.15, -0.1) is 0 Å². The fourth-order valence-electron chi connectivity index (χ4n) is 4.53. The minimum Gasteiger partial charge on any atom is -0.454 e. The number of pyridine rings is 1. The van der Waals surface area contributed by atoms with Gasteiger partial charge in [-0.05, 0) is 73.8 Å². The van der Waals surface area contributed by atoms with E-state index in [1.54, 1.807) is 0 Å². The molecule has 2 aliphatic heterocycles. The number of aryl methyl sites for hydroxylation is 1. The molecule has 2 aliphatic rings. The third-order valence-corrected chi connectivity index (χ3v) is 6.23. The first-order valence-electron chi connectivity index (χ1n) is 10.5. The Morgan fingerprint density at radius 2 is 1.86 bits per heavy atom. The highest BCUT2D eigenvalue weighted by Crippen LogP contribution is 2.36. The molecule has 150 valence electrons. The zero-order valence-electron chi connectivity index (χ0n) is 16.5. The van der Waals surface area contributed by atoms with Crippen LogP contribution >= 0.6 is 0 Å². The first kappa shape index (κ1) is 18.3. The van der Waals surface area contributed by atoms with Crippen molar-refractivity contribution in [1.29, 1.82) is 0 Å². The Morgan fingerprint density at radius 1 is 1.00 bits per heavy atom. The molecule has 5 nitrogen and oxygen atoms in total. The van der Waals surface area contributed by atoms with Crippen LogP contribution in [0, 0.1) is 5.92 Å². The van der Waals surface area contributed by atoms with Gasteiger partial charge in [-0.2, -0.15) is 0 Å². The van der Waals surface area contributed by atoms with Gasteiger partial charge in [-0.25, -0.2) is 0 Å². The largest absolute Gasteiger partial charge is 0.454 e. The number of piperidine rings is 1. The van der Waals surface area contributed by atoms with Crippen molar-refractivity contribution in [2.45, 2.75) is 32.2 Å². The summed E-state index contributed by atoms with van der Waals surface area (Å²) in [5.41, 5.74) is 3.05. The molecule has 0 saturated carbocycles. The number of ether oxygens (including phenoxy) is 2. The van der Waals surface area contributed by atoms with Crippen molar-refractivity contribution < 1.29 is 9.47 Å². The lowest BCUT2D eigenvalue weighted by atomic mass is 9.90. The lowest BCUT2D eigenvalue weighted by Crippen LogP contribution is -2.35. The summed E-state index contributed by atoms with van der Waals surface area (Å²) in [6.07, 6.45) is 4.56. The first-order chi connectivity index (χ1) is 14.3. The van der Waals surface area contributed by atoms with Gasteiger partial charge in [0.15, 0.2) is 11.5 Å². The quantitative estimate of drug-likeness (QED) is 0.713. The molecule has 0 spiro atoms. The number of hydrogen-bond donors (Lipinski definition) is 1. The minimum absolute atomic E-state index is 0.0333. The summed E-state index contributed by atoms with van der Waals surface area (Å²) in [5.74, 6) is 2.53. The van der Waals surface area contributed by atoms with Crippen molar-refractivity contribution in [2.24, 2.45) is 5.92 Å². The molecule has 0 amide bonds. The molecule has 2 aromatic carbocycles. The topological polar surface area (TPSA) is 54.6 Å². The molecule has 0 unspecified atom stereocenters. The molecule has 5 heteroatoms. The summed E-state index contributed by atoms with van der Waals surface area (Å²) in [5, 5.41) is 1.10. The molecule has 0 radical (unpaired) electrons. The van der Waals surface area contributed by atoms with Crippen LogP contribution in [0.4, 0.5) is 0 Å². The average Bonchev–Trinajstić information content (AvgIpc) is 3.23. The number of H-pyrrole nitrogens is 1. The second kappa shape index (κ2) is 7.91. The molecule has 0 aliphatic carbocycles. The van der Waals surface area contributed by atoms with Crippen LogP contribution in [0.15, 0.2) is 53.3 Å². The van der Waals surface area contributed by atoms with E-state index in [0.717, 1.165) is 59.9 Å². The number of benzene rings is 2. The Kier molecular flexibility index (Phi) is 4.98. The van der Waals surface area contributed by atoms with E-state index in [-0.39, 0.29) is 5.56 Å². The zero-order valence-corrected chi connectivity index (χ0v) is 16.5. The van der Waals surface area contributed by atoms with Gasteiger partial charge in [0, 0.05) is 17.6 Å². The highest BCUT2D eigenvalue weighted by atomic mass is 16.7. The van der Waals surface area contributed by atoms with Crippen molar-refractivity contribution in [3.63, 3.8) is 0 Å². The first-order valence-corrected chi connectivity index (χ1v) is 10.5. The number of likely N-dealkylation sites (tertiary alicyclic amines) is 1. The second-order valence-corrected chi connectivity index (χ2v) is 8.12. The van der Waals surface area contributed by atoms with E-state index < -0.39 is 0 Å². The van der Waals surface area contributed by atoms with Crippen LogP contribution < -0.4 is 15.0 Å². The van der Waals surface area contributed by atoms with Crippen LogP contribution in [-0.4, -0.2) is 29.8 Å². The Morgan fingerprint density at radius 3 is 2.76 bits per heavy atom. The summed E-state index contributed by atoms with van der Waals surface area (Å²) >= 11 is 0. The van der Waals surface area contributed by atoms with Crippen LogP contribution in [0.3, 0.4) is 0 Å². The Balaban J connectivity index is 1.17. The molecule has 3 heterocycles. The highest BCUT2D eigenvalue weighted by molar-refractivity contribution is 5.78. The van der Waals surface area contributed by atoms with Crippen molar-refractivity contribution in [3.05, 3.63) is 70.0 Å². The smallest absolute Gasteiger partial charge is 0.252 e. The Labute approximate surface area is 170 Å². The van der Waals surface area contributed by atoms with E-state index in [1.807, 2.05) is 36.4 Å². The van der Waals surface area contributed by atoms with Crippen molar-refractivity contribution >= 4 is 10.9 Å². The number of nitrogens with zero attached hydrogens (tertiary/aromatic N) is 1. The van der Waals surface area contributed by atoms with Crippen LogP contribution in [0.5, 0.6) is 11.5 Å². The molecular weight excluding hydrogens is 364 g/mol. The van der Waals surface area contributed by atoms with Crippen LogP contribution in [0.25, 0.3) is 10.9 Å². The van der Waals surface area contributed by atoms with Crippen LogP contribution in [0.1, 0.15) is 30.4 Å². The highest BCUT2D eigenvalue weighted by Gasteiger charge is 2.22. The number of aromatic amines is 1. The Hall–Kier alpha value is -2.79. The van der Waals surface area contributed by atoms with E-state index in [2.05, 4.69) is 22.0 Å². The third kappa shape index (κ3) is 3.87. The van der Waals surface area contributed by atoms with Crippen LogP contribution in [0.2, 0.25) is 0 Å². The van der Waals surface area contributed by atoms with Gasteiger partial charge in [0.1, 0.15) is 0 Å². The summed E-state index contributed by atoms with van der Waals surface area (Å²) < 4.78 is 11.1. The van der Waals surface area contributed by atoms with E-state index in [9.17, 15) is 4.79 Å². The molecule has 29 heavy (non-hydrogen) atoms. The molecule has 3 aromatic rings. The predicted octanol–water partition coefficient (Wildman–Crippen LogP) is 4.10. The van der Waals surface area contributed by atoms with Gasteiger partial charge in [0.05, 0.1) is 0 Å². The number of rotatable bonds is 5. The number of hydrogen-bond acceptors (Lipinski definition) is 4. The average molecular weight is 390 g/mol. The number of nitrogens with one attached hydrogen (secondary N) is 1. The van der Waals surface area contributed by atoms with Gasteiger partial charge >= 0.3 is 0 Å². The van der Waals surface area contributed by atoms with Crippen molar-refractivity contribution in [1.82, 2.24) is 9.88 Å². The summed E-state index contributed by atoms with van der Waals surface area (Å²) in [6.45, 7) is 3.15. The van der Waals surface area contributed by atoms with Gasteiger partial charge < -0.3 is 14.5 Å². The van der Waals surface area contributed by atoms with Gasteiger partial charge in [0.2, 0.25) is 6.79 Å². The molecule has 5 rings (SSSR count). The lowest BCUT2D eigenvalue weighted by molar-refractivity contribution is 0.169. The standard InChI is InChI=1S/C24H26N2O3/c27-24-20(14-19-4-1-2-6-21(19)25-24)15-26-12-10-17(11-13-26)8-9-18-5-3-7-22-23(18)29-16-28-22/h1-7,14,17H,8-13,15-16H2,(H,25,27). The van der Waals surface area contributed by atoms with E-state index in [0.29, 0.717) is 6.79 Å². The third-order valence-electron chi connectivity index (χ3n) is 6.23. The molecule has 0 atom stereocenters. The fraction of sp³-hybridized carbons (Fsp3) is 0.375. The van der Waals surface area contributed by atoms with E-state index >= 15 is 0 Å². The fourth-order valence-corrected chi connectivity index (χ4v) is 4.53. The van der Waals surface area contributed by atoms with Crippen molar-refractivity contribution in [3.8, 4) is 11.5 Å². The second-order valence-electron chi connectivity index (χ2n) is 8.12. The SMILES string of the molecule is O=c1[nH]c2ccccc2cc1CN1CCC(CCc2cccc3c2OCO3)CC1. The van der Waals surface area contributed by atoms with Crippen LogP contribution in [-0.2, 0) is 13.0 Å². The lowest BCUT2D eigenvalue weighted by Gasteiger charge is -2.32. The van der Waals surface area contributed by atoms with Gasteiger partial charge in [0.25, 0.3) is 5.56 Å². The summed E-state index contributed by atoms with van der Waals surface area (Å²) in [6, 6.07) is 16.2. The maximum absolute atomic E-state index is 12.4. The molecule has 0 bridgehead atoms. The van der Waals surface area contributed by atoms with E-state index in [4.69, 9.17) is 9.47 Å². The monoisotopic (exact) mass is 390 g/mol. The minimum atomic E-state index is 0.0333. The summed E-state index contributed by atoms with van der Waals surface area (Å²) in [4.78, 5) is 17.8. The molecule has 1 fully saturated rings. The predicted molar refractivity (Wildman–Crippen MR) is 113 cm³/mol. The normalized spacial score (nSPS) is 17.1. The van der Waals surface area contributed by atoms with E-state index in [1.165, 1.54) is 24.8 Å². The molecule has 1 aromatic heterocycles. The Bertz CT molecular complexity index is 1070. The number of aromatic nitrogens is 1. The number of para-hydroxylation sites is 2. The molecular formula is C24H26N2O3. The molecule has 1 N–H and O–H groups in total. The van der Waals surface area contributed by atoms with Gasteiger partial charge in [-0.3, -0.25) is 9.69 Å². The summed E-state index contributed by atoms with van der Waals surface area (Å²) in [7, 11) is 0. The maximum Gasteiger partial charge on any atom is 0.252 e. The van der Waals surface area contributed by atoms with Gasteiger partial charge in [-0.1, -0.05) is 30.3 Å². The number of fused-ring (bicyclic) bond motifs is 2. The van der Waals surface area contributed by atoms with Crippen molar-refractivity contribution in [2.75, 3.05) is 19.9 Å². The zero-order chi connectivity index (χ0) is 19.6. The molecule has 1 saturated heterocycles. The maximum atomic E-state index is 12.4.